The van der Waals surface area contributed by atoms with Gasteiger partial charge in [0.15, 0.2) is 0 Å². The zero-order valence-electron chi connectivity index (χ0n) is 9.27. The Kier molecular flexibility index (Phi) is 3.48. The summed E-state index contributed by atoms with van der Waals surface area (Å²) in [5, 5.41) is 9.67. The zero-order chi connectivity index (χ0) is 12.3. The first-order valence-electron chi connectivity index (χ1n) is 5.42. The van der Waals surface area contributed by atoms with Gasteiger partial charge in [-0.25, -0.2) is 0 Å². The van der Waals surface area contributed by atoms with Gasteiger partial charge in [-0.1, -0.05) is 64.5 Å². The molecule has 1 aromatic rings. The van der Waals surface area contributed by atoms with Crippen LogP contribution in [0.5, 0.6) is 0 Å². The maximum Gasteiger partial charge on any atom is 0.314 e. The molecule has 0 saturated heterocycles. The Bertz CT molecular complexity index is 476. The highest BCUT2D eigenvalue weighted by atomic mass is 79.9. The molecule has 1 atom stereocenters. The molecule has 0 bridgehead atoms. The summed E-state index contributed by atoms with van der Waals surface area (Å²) < 4.78 is 0. The van der Waals surface area contributed by atoms with Gasteiger partial charge in [0.1, 0.15) is 0 Å². The number of carboxylic acids is 1. The van der Waals surface area contributed by atoms with Crippen LogP contribution in [0.1, 0.15) is 12.0 Å². The lowest BCUT2D eigenvalue weighted by atomic mass is 9.81. The highest BCUT2D eigenvalue weighted by Crippen LogP contribution is 2.34. The van der Waals surface area contributed by atoms with Crippen LogP contribution in [0.4, 0.5) is 0 Å². The largest absolute Gasteiger partial charge is 0.481 e. The van der Waals surface area contributed by atoms with Gasteiger partial charge in [-0.2, -0.15) is 0 Å². The van der Waals surface area contributed by atoms with Crippen molar-refractivity contribution in [2.45, 2.75) is 6.42 Å². The summed E-state index contributed by atoms with van der Waals surface area (Å²) in [4.78, 5) is 11.2. The van der Waals surface area contributed by atoms with Crippen molar-refractivity contribution < 1.29 is 9.90 Å². The van der Waals surface area contributed by atoms with Gasteiger partial charge in [-0.05, 0) is 17.6 Å². The summed E-state index contributed by atoms with van der Waals surface area (Å²) in [6.07, 6.45) is 6.19. The second-order valence-corrected chi connectivity index (χ2v) is 4.72. The van der Waals surface area contributed by atoms with E-state index >= 15 is 0 Å². The standard InChI is InChI=1S/C14H13BrO2/c15-10-14(13(16)17)8-6-12(7-9-14)11-4-2-1-3-5-11/h1-8H,9-10H2,(H,16,17). The summed E-state index contributed by atoms with van der Waals surface area (Å²) >= 11 is 3.28. The molecule has 1 aromatic carbocycles. The third kappa shape index (κ3) is 2.34. The number of halogens is 1. The molecule has 0 radical (unpaired) electrons. The zero-order valence-corrected chi connectivity index (χ0v) is 10.9. The van der Waals surface area contributed by atoms with Crippen LogP contribution in [-0.2, 0) is 4.79 Å². The van der Waals surface area contributed by atoms with E-state index < -0.39 is 11.4 Å². The maximum atomic E-state index is 11.2. The van der Waals surface area contributed by atoms with Crippen LogP contribution in [0.2, 0.25) is 0 Å². The lowest BCUT2D eigenvalue weighted by Crippen LogP contribution is -2.31. The van der Waals surface area contributed by atoms with Gasteiger partial charge in [0.05, 0.1) is 5.41 Å². The average Bonchev–Trinajstić information content (AvgIpc) is 2.39. The first-order valence-corrected chi connectivity index (χ1v) is 6.54. The number of aliphatic carboxylic acids is 1. The van der Waals surface area contributed by atoms with Crippen LogP contribution in [-0.4, -0.2) is 16.4 Å². The van der Waals surface area contributed by atoms with Crippen molar-refractivity contribution in [2.75, 3.05) is 5.33 Å². The number of benzene rings is 1. The summed E-state index contributed by atoms with van der Waals surface area (Å²) in [6.45, 7) is 0. The van der Waals surface area contributed by atoms with Crippen LogP contribution in [0.25, 0.3) is 5.57 Å². The SMILES string of the molecule is O=C(O)C1(CBr)C=CC(c2ccccc2)=CC1. The van der Waals surface area contributed by atoms with Crippen LogP contribution in [0.3, 0.4) is 0 Å². The molecule has 0 aromatic heterocycles. The fraction of sp³-hybridized carbons (Fsp3) is 0.214. The van der Waals surface area contributed by atoms with Gasteiger partial charge in [-0.15, -0.1) is 0 Å². The van der Waals surface area contributed by atoms with Crippen LogP contribution in [0, 0.1) is 5.41 Å². The number of carboxylic acid groups (broad SMARTS) is 1. The van der Waals surface area contributed by atoms with Crippen molar-refractivity contribution in [3.63, 3.8) is 0 Å². The van der Waals surface area contributed by atoms with E-state index in [1.54, 1.807) is 6.08 Å². The topological polar surface area (TPSA) is 37.3 Å². The minimum Gasteiger partial charge on any atom is -0.481 e. The molecule has 1 aliphatic carbocycles. The smallest absolute Gasteiger partial charge is 0.314 e. The van der Waals surface area contributed by atoms with Gasteiger partial charge >= 0.3 is 5.97 Å². The van der Waals surface area contributed by atoms with E-state index in [-0.39, 0.29) is 0 Å². The molecule has 2 rings (SSSR count). The number of allylic oxidation sites excluding steroid dienone is 3. The number of alkyl halides is 1. The van der Waals surface area contributed by atoms with Crippen molar-refractivity contribution >= 4 is 27.5 Å². The predicted octanol–water partition coefficient (Wildman–Crippen LogP) is 3.50. The molecule has 0 fully saturated rings. The van der Waals surface area contributed by atoms with Gasteiger partial charge in [0.25, 0.3) is 0 Å². The average molecular weight is 293 g/mol. The molecule has 88 valence electrons. The van der Waals surface area contributed by atoms with Gasteiger partial charge in [0.2, 0.25) is 0 Å². The van der Waals surface area contributed by atoms with E-state index in [9.17, 15) is 9.90 Å². The molecule has 1 aliphatic rings. The van der Waals surface area contributed by atoms with Crippen molar-refractivity contribution in [3.05, 3.63) is 54.1 Å². The quantitative estimate of drug-likeness (QED) is 0.866. The lowest BCUT2D eigenvalue weighted by Gasteiger charge is -2.25. The lowest BCUT2D eigenvalue weighted by molar-refractivity contribution is -0.144. The third-order valence-electron chi connectivity index (χ3n) is 3.04. The highest BCUT2D eigenvalue weighted by molar-refractivity contribution is 9.09. The minimum atomic E-state index is -0.793. The first-order chi connectivity index (χ1) is 8.18. The number of hydrogen-bond acceptors (Lipinski definition) is 1. The van der Waals surface area contributed by atoms with Crippen molar-refractivity contribution in [2.24, 2.45) is 5.41 Å². The van der Waals surface area contributed by atoms with Crippen LogP contribution >= 0.6 is 15.9 Å². The number of rotatable bonds is 3. The summed E-state index contributed by atoms with van der Waals surface area (Å²) in [7, 11) is 0. The molecule has 0 saturated carbocycles. The molecule has 0 heterocycles. The van der Waals surface area contributed by atoms with E-state index in [0.29, 0.717) is 11.8 Å². The predicted molar refractivity (Wildman–Crippen MR) is 72.0 cm³/mol. The van der Waals surface area contributed by atoms with Crippen molar-refractivity contribution in [1.29, 1.82) is 0 Å². The third-order valence-corrected chi connectivity index (χ3v) is 4.04. The normalized spacial score (nSPS) is 23.2. The van der Waals surface area contributed by atoms with Gasteiger partial charge < -0.3 is 5.11 Å². The van der Waals surface area contributed by atoms with Gasteiger partial charge in [0, 0.05) is 5.33 Å². The second-order valence-electron chi connectivity index (χ2n) is 4.16. The van der Waals surface area contributed by atoms with Crippen LogP contribution in [0.15, 0.2) is 48.6 Å². The van der Waals surface area contributed by atoms with Gasteiger partial charge in [-0.3, -0.25) is 4.79 Å². The fourth-order valence-electron chi connectivity index (χ4n) is 1.84. The molecule has 0 amide bonds. The fourth-order valence-corrected chi connectivity index (χ4v) is 2.49. The Labute approximate surface area is 109 Å². The van der Waals surface area contributed by atoms with Crippen molar-refractivity contribution in [1.82, 2.24) is 0 Å². The maximum absolute atomic E-state index is 11.2. The monoisotopic (exact) mass is 292 g/mol. The molecule has 1 unspecified atom stereocenters. The summed E-state index contributed by atoms with van der Waals surface area (Å²) in [5.74, 6) is -0.783. The Balaban J connectivity index is 2.25. The van der Waals surface area contributed by atoms with E-state index in [1.165, 1.54) is 0 Å². The Morgan fingerprint density at radius 2 is 2.06 bits per heavy atom. The number of hydrogen-bond donors (Lipinski definition) is 1. The molecular weight excluding hydrogens is 280 g/mol. The van der Waals surface area contributed by atoms with E-state index in [4.69, 9.17) is 0 Å². The number of carbonyl (C=O) groups is 1. The Morgan fingerprint density at radius 1 is 1.35 bits per heavy atom. The minimum absolute atomic E-state index is 0.435. The molecule has 1 N–H and O–H groups in total. The van der Waals surface area contributed by atoms with Crippen LogP contribution < -0.4 is 0 Å². The highest BCUT2D eigenvalue weighted by Gasteiger charge is 2.35. The summed E-state index contributed by atoms with van der Waals surface area (Å²) in [5.41, 5.74) is 1.42. The first kappa shape index (κ1) is 12.1. The van der Waals surface area contributed by atoms with Crippen molar-refractivity contribution in [3.8, 4) is 0 Å². The Morgan fingerprint density at radius 3 is 2.53 bits per heavy atom. The second kappa shape index (κ2) is 4.88. The molecular formula is C14H13BrO2. The van der Waals surface area contributed by atoms with E-state index in [0.717, 1.165) is 11.1 Å². The molecule has 17 heavy (non-hydrogen) atoms. The van der Waals surface area contributed by atoms with E-state index in [1.807, 2.05) is 42.5 Å². The summed E-state index contributed by atoms with van der Waals surface area (Å²) in [6, 6.07) is 9.98. The Hall–Kier alpha value is -1.35. The van der Waals surface area contributed by atoms with E-state index in [2.05, 4.69) is 15.9 Å². The molecule has 0 aliphatic heterocycles. The molecule has 2 nitrogen and oxygen atoms in total. The molecule has 3 heteroatoms. The molecule has 0 spiro atoms.